The van der Waals surface area contributed by atoms with E-state index in [1.165, 1.54) is 42.5 Å². The molecule has 0 heterocycles. The number of hydrogen-bond donors (Lipinski definition) is 2. The highest BCUT2D eigenvalue weighted by Gasteiger charge is 2.20. The first-order valence-electron chi connectivity index (χ1n) is 8.22. The molecular weight excluding hydrogens is 362 g/mol. The molecule has 0 saturated carbocycles. The van der Waals surface area contributed by atoms with Gasteiger partial charge in [0.15, 0.2) is 0 Å². The Balaban J connectivity index is 1.84. The molecule has 0 aliphatic carbocycles. The fraction of sp³-hybridized carbons (Fsp3) is 0. The molecule has 0 aliphatic heterocycles. The van der Waals surface area contributed by atoms with Crippen LogP contribution < -0.4 is 10.6 Å². The maximum absolute atomic E-state index is 14.8. The van der Waals surface area contributed by atoms with Gasteiger partial charge in [-0.1, -0.05) is 24.1 Å². The smallest absolute Gasteiger partial charge is 0.258 e. The molecule has 0 spiro atoms. The molecule has 0 saturated heterocycles. The van der Waals surface area contributed by atoms with Gasteiger partial charge in [0.05, 0.1) is 16.8 Å². The lowest BCUT2D eigenvalue weighted by Gasteiger charge is -2.11. The highest BCUT2D eigenvalue weighted by atomic mass is 19.1. The average molecular weight is 376 g/mol. The number of para-hydroxylation sites is 1. The van der Waals surface area contributed by atoms with Crippen molar-refractivity contribution >= 4 is 23.2 Å². The topological polar surface area (TPSA) is 58.2 Å². The summed E-state index contributed by atoms with van der Waals surface area (Å²) in [6, 6.07) is 15.6. The van der Waals surface area contributed by atoms with Gasteiger partial charge < -0.3 is 10.6 Å². The number of rotatable bonds is 4. The summed E-state index contributed by atoms with van der Waals surface area (Å²) < 4.78 is 27.8. The van der Waals surface area contributed by atoms with E-state index in [-0.39, 0.29) is 11.1 Å². The van der Waals surface area contributed by atoms with E-state index in [4.69, 9.17) is 6.42 Å². The van der Waals surface area contributed by atoms with E-state index in [0.29, 0.717) is 16.9 Å². The molecule has 0 aromatic heterocycles. The third kappa shape index (κ3) is 4.05. The molecule has 0 radical (unpaired) electrons. The highest BCUT2D eigenvalue weighted by Crippen LogP contribution is 2.19. The number of terminal acetylenes is 1. The average Bonchev–Trinajstić information content (AvgIpc) is 2.70. The van der Waals surface area contributed by atoms with Crippen LogP contribution in [0.2, 0.25) is 0 Å². The van der Waals surface area contributed by atoms with Gasteiger partial charge in [-0.15, -0.1) is 6.42 Å². The summed E-state index contributed by atoms with van der Waals surface area (Å²) in [5.41, 5.74) is 0.474. The number of carbonyl (C=O) groups is 2. The summed E-state index contributed by atoms with van der Waals surface area (Å²) in [7, 11) is 0. The van der Waals surface area contributed by atoms with Crippen LogP contribution in [0.25, 0.3) is 0 Å². The molecule has 0 unspecified atom stereocenters. The molecule has 3 aromatic carbocycles. The van der Waals surface area contributed by atoms with Gasteiger partial charge in [-0.25, -0.2) is 8.78 Å². The Kier molecular flexibility index (Phi) is 5.47. The molecule has 28 heavy (non-hydrogen) atoms. The van der Waals surface area contributed by atoms with Crippen LogP contribution in [0, 0.1) is 24.0 Å². The predicted molar refractivity (Wildman–Crippen MR) is 103 cm³/mol. The molecule has 138 valence electrons. The van der Waals surface area contributed by atoms with Crippen molar-refractivity contribution < 1.29 is 18.4 Å². The van der Waals surface area contributed by atoms with Crippen LogP contribution in [0.4, 0.5) is 20.2 Å². The quantitative estimate of drug-likeness (QED) is 0.661. The molecule has 0 atom stereocenters. The van der Waals surface area contributed by atoms with Crippen molar-refractivity contribution in [1.82, 2.24) is 0 Å². The van der Waals surface area contributed by atoms with Crippen LogP contribution >= 0.6 is 0 Å². The first-order valence-corrected chi connectivity index (χ1v) is 8.22. The minimum absolute atomic E-state index is 0.295. The molecule has 3 rings (SSSR count). The van der Waals surface area contributed by atoms with Gasteiger partial charge in [-0.2, -0.15) is 0 Å². The second-order valence-electron chi connectivity index (χ2n) is 5.77. The molecule has 0 aliphatic rings. The van der Waals surface area contributed by atoms with E-state index < -0.39 is 23.4 Å². The molecule has 0 bridgehead atoms. The monoisotopic (exact) mass is 376 g/mol. The van der Waals surface area contributed by atoms with Crippen molar-refractivity contribution in [2.24, 2.45) is 0 Å². The second kappa shape index (κ2) is 8.14. The van der Waals surface area contributed by atoms with E-state index in [1.807, 2.05) is 0 Å². The largest absolute Gasteiger partial charge is 0.322 e. The van der Waals surface area contributed by atoms with Crippen LogP contribution in [-0.4, -0.2) is 11.8 Å². The highest BCUT2D eigenvalue weighted by molar-refractivity contribution is 6.09. The lowest BCUT2D eigenvalue weighted by molar-refractivity contribution is 0.102. The normalized spacial score (nSPS) is 10.0. The van der Waals surface area contributed by atoms with Gasteiger partial charge in [-0.05, 0) is 48.5 Å². The Bertz CT molecular complexity index is 1090. The summed E-state index contributed by atoms with van der Waals surface area (Å²) in [4.78, 5) is 24.8. The van der Waals surface area contributed by atoms with E-state index in [2.05, 4.69) is 16.6 Å². The summed E-state index contributed by atoms with van der Waals surface area (Å²) >= 11 is 0. The van der Waals surface area contributed by atoms with Crippen LogP contribution in [0.3, 0.4) is 0 Å². The molecular formula is C22H14F2N2O2. The number of carbonyl (C=O) groups excluding carboxylic acids is 2. The zero-order valence-electron chi connectivity index (χ0n) is 14.5. The third-order valence-corrected chi connectivity index (χ3v) is 3.92. The maximum Gasteiger partial charge on any atom is 0.258 e. The molecule has 6 heteroatoms. The van der Waals surface area contributed by atoms with Crippen molar-refractivity contribution in [2.45, 2.75) is 0 Å². The van der Waals surface area contributed by atoms with Gasteiger partial charge in [-0.3, -0.25) is 9.59 Å². The third-order valence-electron chi connectivity index (χ3n) is 3.92. The fourth-order valence-electron chi connectivity index (χ4n) is 2.52. The van der Waals surface area contributed by atoms with E-state index in [1.54, 1.807) is 24.3 Å². The van der Waals surface area contributed by atoms with Crippen LogP contribution in [-0.2, 0) is 0 Å². The summed E-state index contributed by atoms with van der Waals surface area (Å²) in [5.74, 6) is -0.509. The summed E-state index contributed by atoms with van der Waals surface area (Å²) in [6.07, 6.45) is 5.39. The van der Waals surface area contributed by atoms with Gasteiger partial charge in [0, 0.05) is 11.3 Å². The Hall–Kier alpha value is -3.98. The predicted octanol–water partition coefficient (Wildman–Crippen LogP) is 4.45. The Morgan fingerprint density at radius 3 is 2.04 bits per heavy atom. The number of hydrogen-bond acceptors (Lipinski definition) is 2. The zero-order valence-corrected chi connectivity index (χ0v) is 14.5. The molecule has 2 amide bonds. The van der Waals surface area contributed by atoms with Gasteiger partial charge in [0.1, 0.15) is 11.6 Å². The molecule has 0 fully saturated rings. The first kappa shape index (κ1) is 18.8. The van der Waals surface area contributed by atoms with Gasteiger partial charge in [0.2, 0.25) is 0 Å². The number of halogens is 2. The zero-order chi connectivity index (χ0) is 20.1. The van der Waals surface area contributed by atoms with Gasteiger partial charge >= 0.3 is 0 Å². The van der Waals surface area contributed by atoms with Crippen LogP contribution in [0.5, 0.6) is 0 Å². The van der Waals surface area contributed by atoms with Crippen molar-refractivity contribution in [3.05, 3.63) is 95.1 Å². The van der Waals surface area contributed by atoms with Crippen LogP contribution in [0.1, 0.15) is 26.3 Å². The number of amides is 2. The SMILES string of the molecule is C#Cc1ccccc1NC(=O)c1cccc(C(=O)Nc2ccc(F)cc2)c1F. The minimum Gasteiger partial charge on any atom is -0.322 e. The van der Waals surface area contributed by atoms with Crippen LogP contribution in [0.15, 0.2) is 66.7 Å². The Morgan fingerprint density at radius 1 is 0.786 bits per heavy atom. The first-order chi connectivity index (χ1) is 13.5. The van der Waals surface area contributed by atoms with E-state index >= 15 is 0 Å². The molecule has 2 N–H and O–H groups in total. The number of anilines is 2. The van der Waals surface area contributed by atoms with Crippen molar-refractivity contribution in [1.29, 1.82) is 0 Å². The van der Waals surface area contributed by atoms with Crippen molar-refractivity contribution in [2.75, 3.05) is 10.6 Å². The summed E-state index contributed by atoms with van der Waals surface area (Å²) in [6.45, 7) is 0. The Labute approximate surface area is 160 Å². The number of nitrogens with one attached hydrogen (secondary N) is 2. The van der Waals surface area contributed by atoms with E-state index in [0.717, 1.165) is 0 Å². The fourth-order valence-corrected chi connectivity index (χ4v) is 2.52. The Morgan fingerprint density at radius 2 is 1.39 bits per heavy atom. The number of benzene rings is 3. The minimum atomic E-state index is -0.974. The van der Waals surface area contributed by atoms with Gasteiger partial charge in [0.25, 0.3) is 11.8 Å². The maximum atomic E-state index is 14.8. The molecule has 4 nitrogen and oxygen atoms in total. The standard InChI is InChI=1S/C22H14F2N2O2/c1-2-14-6-3-4-9-19(14)26-22(28)18-8-5-7-17(20(18)24)21(27)25-16-12-10-15(23)11-13-16/h1,3-13H,(H,25,27)(H,26,28). The second-order valence-corrected chi connectivity index (χ2v) is 5.77. The lowest BCUT2D eigenvalue weighted by Crippen LogP contribution is -2.19. The molecule has 3 aromatic rings. The lowest BCUT2D eigenvalue weighted by atomic mass is 10.1. The van der Waals surface area contributed by atoms with E-state index in [9.17, 15) is 18.4 Å². The van der Waals surface area contributed by atoms with Crippen molar-refractivity contribution in [3.8, 4) is 12.3 Å². The van der Waals surface area contributed by atoms with Crippen molar-refractivity contribution in [3.63, 3.8) is 0 Å². The summed E-state index contributed by atoms with van der Waals surface area (Å²) in [5, 5.41) is 5.00.